The molecule has 3 aromatic rings. The van der Waals surface area contributed by atoms with Gasteiger partial charge < -0.3 is 20.3 Å². The first-order valence-corrected chi connectivity index (χ1v) is 10.8. The van der Waals surface area contributed by atoms with E-state index < -0.39 is 30.4 Å². The predicted octanol–water partition coefficient (Wildman–Crippen LogP) is 0.362. The maximum atomic E-state index is 12.3. The molecule has 1 aliphatic heterocycles. The molecule has 0 aliphatic carbocycles. The van der Waals surface area contributed by atoms with Crippen LogP contribution in [0.5, 0.6) is 0 Å². The Morgan fingerprint density at radius 1 is 1.28 bits per heavy atom. The molecule has 1 saturated heterocycles. The maximum Gasteiger partial charge on any atom is 0.279 e. The molecule has 32 heavy (non-hydrogen) atoms. The number of hydrogen-bond donors (Lipinski definition) is 5. The summed E-state index contributed by atoms with van der Waals surface area (Å²) in [5, 5.41) is 23.1. The standard InChI is InChI=1S/C18H20ClN7O5S/c1-3-20-16(30)12-10(27)11(28)17(31-12)26-6-21-9-13(22-18(19)23-14(9)26)24-25-15(29)8-5-4-7(2)32-8/h4-6,10-12,17,27-28H,3H2,1-2H3,(H,20,30)(H,25,29)(H,22,23,24)/t10-,11+,12-,17+/m1/s1. The van der Waals surface area contributed by atoms with Crippen LogP contribution in [-0.4, -0.2) is 66.4 Å². The molecule has 2 amide bonds. The number of nitrogens with one attached hydrogen (secondary N) is 3. The lowest BCUT2D eigenvalue weighted by molar-refractivity contribution is -0.137. The number of aryl methyl sites for hydroxylation is 1. The normalized spacial score (nSPS) is 22.8. The Hall–Kier alpha value is -2.84. The quantitative estimate of drug-likeness (QED) is 0.247. The molecule has 0 spiro atoms. The minimum absolute atomic E-state index is 0.119. The maximum absolute atomic E-state index is 12.3. The van der Waals surface area contributed by atoms with E-state index in [-0.39, 0.29) is 28.2 Å². The molecule has 0 unspecified atom stereocenters. The largest absolute Gasteiger partial charge is 0.387 e. The minimum Gasteiger partial charge on any atom is -0.387 e. The van der Waals surface area contributed by atoms with Crippen LogP contribution in [0.3, 0.4) is 0 Å². The van der Waals surface area contributed by atoms with Crippen molar-refractivity contribution in [1.82, 2.24) is 30.3 Å². The highest BCUT2D eigenvalue weighted by Crippen LogP contribution is 2.33. The average molecular weight is 482 g/mol. The van der Waals surface area contributed by atoms with Crippen molar-refractivity contribution in [3.05, 3.63) is 33.5 Å². The number of halogens is 1. The number of hydrogen-bond acceptors (Lipinski definition) is 10. The second-order valence-corrected chi connectivity index (χ2v) is 8.60. The molecule has 4 heterocycles. The van der Waals surface area contributed by atoms with Crippen molar-refractivity contribution in [2.24, 2.45) is 0 Å². The lowest BCUT2D eigenvalue weighted by Crippen LogP contribution is -2.42. The number of nitrogens with zero attached hydrogens (tertiary/aromatic N) is 4. The van der Waals surface area contributed by atoms with Crippen LogP contribution in [0.25, 0.3) is 11.2 Å². The highest BCUT2D eigenvalue weighted by atomic mass is 35.5. The van der Waals surface area contributed by atoms with Gasteiger partial charge in [-0.05, 0) is 37.6 Å². The predicted molar refractivity (Wildman–Crippen MR) is 115 cm³/mol. The van der Waals surface area contributed by atoms with Gasteiger partial charge in [0.15, 0.2) is 29.3 Å². The number of likely N-dealkylation sites (N-methyl/N-ethyl adjacent to an activating group) is 1. The molecule has 14 heteroatoms. The number of carbonyl (C=O) groups excluding carboxylic acids is 2. The molecule has 3 aromatic heterocycles. The third-order valence-electron chi connectivity index (χ3n) is 4.77. The molecule has 12 nitrogen and oxygen atoms in total. The lowest BCUT2D eigenvalue weighted by atomic mass is 10.1. The number of rotatable bonds is 6. The number of aliphatic hydroxyl groups excluding tert-OH is 2. The molecule has 0 radical (unpaired) electrons. The fraction of sp³-hybridized carbons (Fsp3) is 0.389. The van der Waals surface area contributed by atoms with Gasteiger partial charge >= 0.3 is 0 Å². The smallest absolute Gasteiger partial charge is 0.279 e. The Morgan fingerprint density at radius 2 is 2.06 bits per heavy atom. The summed E-state index contributed by atoms with van der Waals surface area (Å²) < 4.78 is 6.95. The van der Waals surface area contributed by atoms with Crippen molar-refractivity contribution in [2.75, 3.05) is 12.0 Å². The minimum atomic E-state index is -1.45. The van der Waals surface area contributed by atoms with Crippen LogP contribution in [0.15, 0.2) is 18.5 Å². The summed E-state index contributed by atoms with van der Waals surface area (Å²) in [5.41, 5.74) is 5.60. The number of anilines is 1. The van der Waals surface area contributed by atoms with Gasteiger partial charge in [0.05, 0.1) is 11.2 Å². The Kier molecular flexibility index (Phi) is 6.26. The summed E-state index contributed by atoms with van der Waals surface area (Å²) in [5.74, 6) is -0.797. The highest BCUT2D eigenvalue weighted by Gasteiger charge is 2.47. The molecule has 4 atom stereocenters. The monoisotopic (exact) mass is 481 g/mol. The first-order valence-electron chi connectivity index (χ1n) is 9.62. The second kappa shape index (κ2) is 8.96. The van der Waals surface area contributed by atoms with E-state index in [0.717, 1.165) is 4.88 Å². The van der Waals surface area contributed by atoms with Gasteiger partial charge in [0.25, 0.3) is 11.8 Å². The number of amides is 2. The molecular weight excluding hydrogens is 462 g/mol. The van der Waals surface area contributed by atoms with Crippen LogP contribution >= 0.6 is 22.9 Å². The molecule has 0 aromatic carbocycles. The van der Waals surface area contributed by atoms with Crippen LogP contribution in [-0.2, 0) is 9.53 Å². The van der Waals surface area contributed by atoms with Crippen molar-refractivity contribution in [3.8, 4) is 0 Å². The Balaban J connectivity index is 1.59. The lowest BCUT2D eigenvalue weighted by Gasteiger charge is -2.16. The van der Waals surface area contributed by atoms with Crippen LogP contribution in [0.4, 0.5) is 5.82 Å². The van der Waals surface area contributed by atoms with Gasteiger partial charge in [-0.3, -0.25) is 25.0 Å². The molecule has 170 valence electrons. The topological polar surface area (TPSA) is 164 Å². The molecule has 0 bridgehead atoms. The van der Waals surface area contributed by atoms with E-state index >= 15 is 0 Å². The Morgan fingerprint density at radius 3 is 2.75 bits per heavy atom. The van der Waals surface area contributed by atoms with Crippen LogP contribution in [0.2, 0.25) is 5.28 Å². The summed E-state index contributed by atoms with van der Waals surface area (Å²) >= 11 is 7.38. The van der Waals surface area contributed by atoms with E-state index in [1.54, 1.807) is 13.0 Å². The number of imidazole rings is 1. The Bertz CT molecular complexity index is 1170. The summed E-state index contributed by atoms with van der Waals surface area (Å²) in [4.78, 5) is 38.3. The molecule has 5 N–H and O–H groups in total. The molecule has 1 fully saturated rings. The van der Waals surface area contributed by atoms with Gasteiger partial charge in [0.2, 0.25) is 5.28 Å². The van der Waals surface area contributed by atoms with E-state index in [2.05, 4.69) is 31.1 Å². The first kappa shape index (κ1) is 22.4. The van der Waals surface area contributed by atoms with Gasteiger partial charge in [0, 0.05) is 11.4 Å². The van der Waals surface area contributed by atoms with Crippen LogP contribution in [0.1, 0.15) is 27.7 Å². The van der Waals surface area contributed by atoms with E-state index in [4.69, 9.17) is 16.3 Å². The zero-order valence-corrected chi connectivity index (χ0v) is 18.5. The van der Waals surface area contributed by atoms with Gasteiger partial charge in [-0.25, -0.2) is 4.98 Å². The number of ether oxygens (including phenoxy) is 1. The van der Waals surface area contributed by atoms with Crippen molar-refractivity contribution in [3.63, 3.8) is 0 Å². The molecule has 1 aliphatic rings. The van der Waals surface area contributed by atoms with Gasteiger partial charge in [-0.1, -0.05) is 0 Å². The molecule has 0 saturated carbocycles. The van der Waals surface area contributed by atoms with Crippen LogP contribution < -0.4 is 16.2 Å². The SMILES string of the molecule is CCNC(=O)[C@@H]1O[C@H](n2cnc3c(NNC(=O)c4ccc(C)s4)nc(Cl)nc32)[C@@H](O)[C@H]1O. The zero-order chi connectivity index (χ0) is 23.0. The average Bonchev–Trinajstić information content (AvgIpc) is 3.45. The zero-order valence-electron chi connectivity index (χ0n) is 16.9. The van der Waals surface area contributed by atoms with E-state index in [9.17, 15) is 19.8 Å². The van der Waals surface area contributed by atoms with Crippen molar-refractivity contribution in [2.45, 2.75) is 38.4 Å². The molecule has 4 rings (SSSR count). The third-order valence-corrected chi connectivity index (χ3v) is 5.94. The third kappa shape index (κ3) is 4.12. The van der Waals surface area contributed by atoms with Gasteiger partial charge in [-0.15, -0.1) is 11.3 Å². The number of aromatic nitrogens is 4. The van der Waals surface area contributed by atoms with E-state index in [1.165, 1.54) is 22.2 Å². The second-order valence-electron chi connectivity index (χ2n) is 6.98. The van der Waals surface area contributed by atoms with Crippen molar-refractivity contribution in [1.29, 1.82) is 0 Å². The number of fused-ring (bicyclic) bond motifs is 1. The first-order chi connectivity index (χ1) is 15.3. The van der Waals surface area contributed by atoms with E-state index in [0.29, 0.717) is 11.4 Å². The van der Waals surface area contributed by atoms with E-state index in [1.807, 2.05) is 13.0 Å². The fourth-order valence-corrected chi connectivity index (χ4v) is 4.21. The van der Waals surface area contributed by atoms with Crippen molar-refractivity contribution >= 4 is 51.7 Å². The van der Waals surface area contributed by atoms with Gasteiger partial charge in [0.1, 0.15) is 12.2 Å². The number of hydrazine groups is 1. The highest BCUT2D eigenvalue weighted by molar-refractivity contribution is 7.13. The number of thiophene rings is 1. The summed E-state index contributed by atoms with van der Waals surface area (Å²) in [7, 11) is 0. The number of aliphatic hydroxyl groups is 2. The van der Waals surface area contributed by atoms with Crippen molar-refractivity contribution < 1.29 is 24.5 Å². The Labute approximate surface area is 190 Å². The molecular formula is C18H20ClN7O5S. The summed E-state index contributed by atoms with van der Waals surface area (Å²) in [6.07, 6.45) is -3.98. The van der Waals surface area contributed by atoms with Gasteiger partial charge in [-0.2, -0.15) is 9.97 Å². The number of carbonyl (C=O) groups is 2. The summed E-state index contributed by atoms with van der Waals surface area (Å²) in [6.45, 7) is 3.96. The summed E-state index contributed by atoms with van der Waals surface area (Å²) in [6, 6.07) is 3.53. The van der Waals surface area contributed by atoms with Crippen LogP contribution in [0, 0.1) is 6.92 Å². The fourth-order valence-electron chi connectivity index (χ4n) is 3.28.